The highest BCUT2D eigenvalue weighted by atomic mass is 35.5. The number of nitrogens with one attached hydrogen (secondary N) is 1. The third kappa shape index (κ3) is 1.58. The lowest BCUT2D eigenvalue weighted by Crippen LogP contribution is -2.35. The largest absolute Gasteiger partial charge is 0.287 e. The molecule has 1 aliphatic rings. The first kappa shape index (κ1) is 7.76. The molecule has 0 aromatic heterocycles. The van der Waals surface area contributed by atoms with Gasteiger partial charge in [-0.3, -0.25) is 10.4 Å². The van der Waals surface area contributed by atoms with Crippen LogP contribution < -0.4 is 5.43 Å². The van der Waals surface area contributed by atoms with Crippen molar-refractivity contribution in [1.82, 2.24) is 10.4 Å². The Hall–Kier alpha value is -0.340. The molecule has 0 saturated heterocycles. The fourth-order valence-electron chi connectivity index (χ4n) is 0.682. The minimum absolute atomic E-state index is 0.589. The van der Waals surface area contributed by atoms with Crippen LogP contribution in [-0.2, 0) is 0 Å². The number of rotatable bonds is 1. The van der Waals surface area contributed by atoms with Gasteiger partial charge in [-0.15, -0.1) is 0 Å². The van der Waals surface area contributed by atoms with Gasteiger partial charge < -0.3 is 0 Å². The molecule has 1 N–H and O–H groups in total. The molecule has 0 bridgehead atoms. The normalized spacial score (nSPS) is 17.7. The molecule has 0 aromatic rings. The Labute approximate surface area is 70.1 Å². The van der Waals surface area contributed by atoms with E-state index >= 15 is 0 Å². The Morgan fingerprint density at radius 2 is 2.20 bits per heavy atom. The summed E-state index contributed by atoms with van der Waals surface area (Å²) < 4.78 is 0. The molecule has 0 unspecified atom stereocenters. The number of allylic oxidation sites excluding steroid dienone is 2. The van der Waals surface area contributed by atoms with Crippen molar-refractivity contribution in [3.05, 3.63) is 22.5 Å². The lowest BCUT2D eigenvalue weighted by Gasteiger charge is -2.25. The second-order valence-corrected chi connectivity index (χ2v) is 2.65. The zero-order chi connectivity index (χ0) is 7.56. The molecule has 0 aliphatic carbocycles. The highest BCUT2D eigenvalue weighted by Crippen LogP contribution is 2.14. The summed E-state index contributed by atoms with van der Waals surface area (Å²) in [7, 11) is 0. The van der Waals surface area contributed by atoms with E-state index in [2.05, 4.69) is 5.43 Å². The minimum atomic E-state index is 0.589. The van der Waals surface area contributed by atoms with E-state index in [9.17, 15) is 0 Å². The molecule has 1 rings (SSSR count). The third-order valence-corrected chi connectivity index (χ3v) is 1.72. The van der Waals surface area contributed by atoms with Gasteiger partial charge in [0.1, 0.15) is 10.3 Å². The van der Waals surface area contributed by atoms with Crippen LogP contribution in [0.1, 0.15) is 6.92 Å². The Bertz CT molecular complexity index is 186. The Morgan fingerprint density at radius 3 is 2.70 bits per heavy atom. The van der Waals surface area contributed by atoms with E-state index in [0.717, 1.165) is 6.54 Å². The fourth-order valence-corrected chi connectivity index (χ4v) is 1.07. The number of halogens is 2. The molecule has 0 aromatic carbocycles. The molecule has 56 valence electrons. The standard InChI is InChI=1S/C6H8Cl2N2/c1-2-10-6(8)4-3-5(7)9-10/h3-4,9H,2H2,1H3. The van der Waals surface area contributed by atoms with Crippen LogP contribution in [-0.4, -0.2) is 11.6 Å². The molecule has 2 nitrogen and oxygen atoms in total. The molecular weight excluding hydrogens is 171 g/mol. The van der Waals surface area contributed by atoms with Gasteiger partial charge in [0.25, 0.3) is 0 Å². The summed E-state index contributed by atoms with van der Waals surface area (Å²) in [5.74, 6) is 0. The first-order valence-electron chi connectivity index (χ1n) is 3.01. The second-order valence-electron chi connectivity index (χ2n) is 1.86. The first-order chi connectivity index (χ1) is 4.74. The zero-order valence-corrected chi connectivity index (χ0v) is 7.08. The van der Waals surface area contributed by atoms with Gasteiger partial charge in [-0.2, -0.15) is 0 Å². The van der Waals surface area contributed by atoms with Gasteiger partial charge in [-0.25, -0.2) is 0 Å². The van der Waals surface area contributed by atoms with Gasteiger partial charge in [-0.05, 0) is 19.1 Å². The molecule has 4 heteroatoms. The third-order valence-electron chi connectivity index (χ3n) is 1.18. The molecule has 10 heavy (non-hydrogen) atoms. The maximum absolute atomic E-state index is 5.77. The SMILES string of the molecule is CCN1NC(Cl)=CC=C1Cl. The van der Waals surface area contributed by atoms with Crippen molar-refractivity contribution in [2.24, 2.45) is 0 Å². The predicted octanol–water partition coefficient (Wildman–Crippen LogP) is 1.99. The molecule has 0 saturated carbocycles. The average Bonchev–Trinajstić information content (AvgIpc) is 1.94. The number of hydrogen-bond donors (Lipinski definition) is 1. The van der Waals surface area contributed by atoms with Crippen LogP contribution in [0.15, 0.2) is 22.5 Å². The molecule has 0 atom stereocenters. The van der Waals surface area contributed by atoms with Crippen molar-refractivity contribution in [2.45, 2.75) is 6.92 Å². The summed E-state index contributed by atoms with van der Waals surface area (Å²) in [5, 5.41) is 3.00. The highest BCUT2D eigenvalue weighted by Gasteiger charge is 2.07. The van der Waals surface area contributed by atoms with Crippen molar-refractivity contribution in [3.63, 3.8) is 0 Å². The van der Waals surface area contributed by atoms with Crippen molar-refractivity contribution < 1.29 is 0 Å². The highest BCUT2D eigenvalue weighted by molar-refractivity contribution is 6.31. The van der Waals surface area contributed by atoms with Crippen LogP contribution in [0.5, 0.6) is 0 Å². The number of nitrogens with zero attached hydrogens (tertiary/aromatic N) is 1. The van der Waals surface area contributed by atoms with E-state index in [1.807, 2.05) is 6.92 Å². The summed E-state index contributed by atoms with van der Waals surface area (Å²) in [6, 6.07) is 0. The molecule has 0 spiro atoms. The van der Waals surface area contributed by atoms with Crippen molar-refractivity contribution >= 4 is 23.2 Å². The zero-order valence-electron chi connectivity index (χ0n) is 5.56. The summed E-state index contributed by atoms with van der Waals surface area (Å²) in [5.41, 5.74) is 2.88. The minimum Gasteiger partial charge on any atom is -0.287 e. The topological polar surface area (TPSA) is 15.3 Å². The van der Waals surface area contributed by atoms with Crippen LogP contribution in [0.4, 0.5) is 0 Å². The summed E-state index contributed by atoms with van der Waals surface area (Å²) in [6.07, 6.45) is 3.47. The molecule has 0 fully saturated rings. The summed E-state index contributed by atoms with van der Waals surface area (Å²) in [4.78, 5) is 0. The maximum atomic E-state index is 5.77. The lowest BCUT2D eigenvalue weighted by atomic mass is 10.5. The van der Waals surface area contributed by atoms with E-state index in [4.69, 9.17) is 23.2 Å². The van der Waals surface area contributed by atoms with Gasteiger partial charge in [0, 0.05) is 6.54 Å². The van der Waals surface area contributed by atoms with Gasteiger partial charge in [-0.1, -0.05) is 23.2 Å². The van der Waals surface area contributed by atoms with Crippen LogP contribution in [0.25, 0.3) is 0 Å². The van der Waals surface area contributed by atoms with E-state index in [1.54, 1.807) is 17.2 Å². The van der Waals surface area contributed by atoms with Crippen molar-refractivity contribution in [2.75, 3.05) is 6.54 Å². The smallest absolute Gasteiger partial charge is 0.123 e. The van der Waals surface area contributed by atoms with Crippen LogP contribution in [0.2, 0.25) is 0 Å². The quantitative estimate of drug-likeness (QED) is 0.619. The van der Waals surface area contributed by atoms with Crippen molar-refractivity contribution in [3.8, 4) is 0 Å². The van der Waals surface area contributed by atoms with E-state index in [-0.39, 0.29) is 0 Å². The van der Waals surface area contributed by atoms with Crippen LogP contribution >= 0.6 is 23.2 Å². The van der Waals surface area contributed by atoms with E-state index in [1.165, 1.54) is 0 Å². The fraction of sp³-hybridized carbons (Fsp3) is 0.333. The molecular formula is C6H8Cl2N2. The monoisotopic (exact) mass is 178 g/mol. The van der Waals surface area contributed by atoms with Crippen LogP contribution in [0, 0.1) is 0 Å². The lowest BCUT2D eigenvalue weighted by molar-refractivity contribution is 0.313. The summed E-state index contributed by atoms with van der Waals surface area (Å²) >= 11 is 11.4. The molecule has 1 heterocycles. The molecule has 0 radical (unpaired) electrons. The maximum Gasteiger partial charge on any atom is 0.123 e. The second kappa shape index (κ2) is 3.17. The number of hydrogen-bond acceptors (Lipinski definition) is 2. The van der Waals surface area contributed by atoms with E-state index in [0.29, 0.717) is 10.3 Å². The van der Waals surface area contributed by atoms with Crippen LogP contribution in [0.3, 0.4) is 0 Å². The summed E-state index contributed by atoms with van der Waals surface area (Å²) in [6.45, 7) is 2.78. The Morgan fingerprint density at radius 1 is 1.50 bits per heavy atom. The van der Waals surface area contributed by atoms with Crippen molar-refractivity contribution in [1.29, 1.82) is 0 Å². The predicted molar refractivity (Wildman–Crippen MR) is 43.4 cm³/mol. The average molecular weight is 179 g/mol. The molecule has 1 aliphatic heterocycles. The Balaban J connectivity index is 2.68. The van der Waals surface area contributed by atoms with E-state index < -0.39 is 0 Å². The Kier molecular flexibility index (Phi) is 2.46. The van der Waals surface area contributed by atoms with Gasteiger partial charge in [0.05, 0.1) is 0 Å². The number of hydrazine groups is 1. The molecule has 0 amide bonds. The van der Waals surface area contributed by atoms with Gasteiger partial charge in [0.15, 0.2) is 0 Å². The first-order valence-corrected chi connectivity index (χ1v) is 3.77. The van der Waals surface area contributed by atoms with Gasteiger partial charge in [0.2, 0.25) is 0 Å². The van der Waals surface area contributed by atoms with Gasteiger partial charge >= 0.3 is 0 Å².